The van der Waals surface area contributed by atoms with Crippen molar-refractivity contribution in [1.29, 1.82) is 0 Å². The molecule has 0 radical (unpaired) electrons. The Morgan fingerprint density at radius 1 is 0.500 bits per heavy atom. The van der Waals surface area contributed by atoms with Crippen molar-refractivity contribution in [2.24, 2.45) is 0 Å². The summed E-state index contributed by atoms with van der Waals surface area (Å²) in [6, 6.07) is 6.98. The van der Waals surface area contributed by atoms with Crippen LogP contribution in [0.15, 0.2) is 40.9 Å². The molecule has 0 unspecified atom stereocenters. The predicted molar refractivity (Wildman–Crippen MR) is 178 cm³/mol. The predicted octanol–water partition coefficient (Wildman–Crippen LogP) is 8.84. The summed E-state index contributed by atoms with van der Waals surface area (Å²) in [4.78, 5) is 0. The molecule has 0 aliphatic carbocycles. The first-order valence-corrected chi connectivity index (χ1v) is 16.3. The average molecular weight is 751 g/mol. The quantitative estimate of drug-likeness (QED) is 0.230. The first kappa shape index (κ1) is 40.9. The fourth-order valence-corrected chi connectivity index (χ4v) is 4.86. The Balaban J connectivity index is 0.000000203. The zero-order chi connectivity index (χ0) is 36.8. The van der Waals surface area contributed by atoms with Gasteiger partial charge in [0.15, 0.2) is 0 Å². The van der Waals surface area contributed by atoms with Crippen molar-refractivity contribution >= 4 is 42.5 Å². The number of hydrogen-bond acceptors (Lipinski definition) is 6. The fraction of sp³-hybridized carbons (Fsp3) is 0.625. The van der Waals surface area contributed by atoms with Gasteiger partial charge in [-0.15, -0.1) is 0 Å². The monoisotopic (exact) mass is 750 g/mol. The normalized spacial score (nSPS) is 22.8. The van der Waals surface area contributed by atoms with Crippen molar-refractivity contribution in [2.75, 3.05) is 0 Å². The van der Waals surface area contributed by atoms with Crippen LogP contribution < -0.4 is 5.46 Å². The lowest BCUT2D eigenvalue weighted by atomic mass is 9.49. The molecule has 3 aliphatic heterocycles. The molecule has 266 valence electrons. The largest absolute Gasteiger partial charge is 0.494 e. The van der Waals surface area contributed by atoms with E-state index in [1.54, 1.807) is 0 Å². The molecule has 0 bridgehead atoms. The van der Waals surface area contributed by atoms with E-state index >= 15 is 0 Å². The van der Waals surface area contributed by atoms with Crippen molar-refractivity contribution in [2.45, 2.75) is 130 Å². The van der Waals surface area contributed by atoms with E-state index in [9.17, 15) is 26.3 Å². The zero-order valence-corrected chi connectivity index (χ0v) is 31.0. The number of hydrogen-bond donors (Lipinski definition) is 0. The third kappa shape index (κ3) is 8.84. The summed E-state index contributed by atoms with van der Waals surface area (Å²) >= 11 is 2.96. The number of rotatable bonds is 4. The summed E-state index contributed by atoms with van der Waals surface area (Å²) in [6.07, 6.45) is -5.57. The second kappa shape index (κ2) is 14.2. The van der Waals surface area contributed by atoms with Crippen LogP contribution in [-0.4, -0.2) is 54.7 Å². The van der Waals surface area contributed by atoms with Crippen LogP contribution in [0.25, 0.3) is 0 Å². The third-order valence-electron chi connectivity index (χ3n) is 9.75. The summed E-state index contributed by atoms with van der Waals surface area (Å²) in [5.41, 5.74) is -3.30. The van der Waals surface area contributed by atoms with Gasteiger partial charge in [0.25, 0.3) is 12.9 Å². The standard InChI is InChI=1S/C13H16BF3O2.C12H24B2O4.C7H4BrF3/c1-12(2)13(3,4)19-14(18-12)8-5-6-9(11(16)17)10(15)7-8;1-9(2)10(3,4)16-13(15-9)14-17-11(5,6)12(7,8)18-14;8-4-1-2-5(7(10)11)6(9)3-4/h5-7,11H,1-4H3;1-8H3;1-3,7H. The van der Waals surface area contributed by atoms with Crippen molar-refractivity contribution in [3.8, 4) is 0 Å². The number of halogens is 7. The van der Waals surface area contributed by atoms with Gasteiger partial charge in [-0.1, -0.05) is 28.1 Å². The van der Waals surface area contributed by atoms with E-state index in [-0.39, 0.29) is 22.4 Å². The molecule has 3 saturated heterocycles. The van der Waals surface area contributed by atoms with Gasteiger partial charge >= 0.3 is 21.1 Å². The maximum atomic E-state index is 13.5. The second-order valence-electron chi connectivity index (χ2n) is 14.9. The molecule has 0 atom stereocenters. The Kier molecular flexibility index (Phi) is 12.1. The highest BCUT2D eigenvalue weighted by Crippen LogP contribution is 2.43. The van der Waals surface area contributed by atoms with Crippen molar-refractivity contribution in [3.05, 3.63) is 63.6 Å². The topological polar surface area (TPSA) is 55.4 Å². The van der Waals surface area contributed by atoms with Crippen molar-refractivity contribution < 1.29 is 54.3 Å². The van der Waals surface area contributed by atoms with E-state index in [4.69, 9.17) is 27.9 Å². The second-order valence-corrected chi connectivity index (χ2v) is 15.8. The molecule has 3 aliphatic rings. The van der Waals surface area contributed by atoms with E-state index in [1.807, 2.05) is 83.1 Å². The van der Waals surface area contributed by atoms with Gasteiger partial charge in [0.05, 0.1) is 44.7 Å². The molecule has 16 heteroatoms. The Morgan fingerprint density at radius 3 is 1.12 bits per heavy atom. The Bertz CT molecular complexity index is 1360. The number of benzene rings is 2. The third-order valence-corrected chi connectivity index (χ3v) is 10.2. The minimum Gasteiger partial charge on any atom is -0.405 e. The lowest BCUT2D eigenvalue weighted by Gasteiger charge is -2.32. The van der Waals surface area contributed by atoms with Crippen molar-refractivity contribution in [3.63, 3.8) is 0 Å². The van der Waals surface area contributed by atoms with Crippen LogP contribution in [0.4, 0.5) is 26.3 Å². The lowest BCUT2D eigenvalue weighted by molar-refractivity contribution is 0.00578. The molecule has 48 heavy (non-hydrogen) atoms. The van der Waals surface area contributed by atoms with Gasteiger partial charge in [0.1, 0.15) is 11.6 Å². The van der Waals surface area contributed by atoms with Gasteiger partial charge in [0, 0.05) is 4.47 Å². The minimum atomic E-state index is -2.83. The summed E-state index contributed by atoms with van der Waals surface area (Å²) < 4.78 is 111. The molecule has 0 amide bonds. The van der Waals surface area contributed by atoms with Crippen LogP contribution in [-0.2, 0) is 27.9 Å². The maximum Gasteiger partial charge on any atom is 0.494 e. The fourth-order valence-electron chi connectivity index (χ4n) is 4.52. The van der Waals surface area contributed by atoms with Crippen LogP contribution in [0.1, 0.15) is 107 Å². The van der Waals surface area contributed by atoms with Gasteiger partial charge in [-0.05, 0) is 113 Å². The molecule has 0 N–H and O–H groups in total. The highest BCUT2D eigenvalue weighted by atomic mass is 79.9. The van der Waals surface area contributed by atoms with Crippen LogP contribution >= 0.6 is 15.9 Å². The Morgan fingerprint density at radius 2 is 0.812 bits per heavy atom. The summed E-state index contributed by atoms with van der Waals surface area (Å²) in [5, 5.41) is 0. The van der Waals surface area contributed by atoms with Crippen molar-refractivity contribution in [1.82, 2.24) is 0 Å². The molecule has 0 aromatic heterocycles. The van der Waals surface area contributed by atoms with Gasteiger partial charge < -0.3 is 27.9 Å². The molecule has 3 fully saturated rings. The minimum absolute atomic E-state index is 0.360. The molecule has 0 spiro atoms. The molecule has 2 aromatic carbocycles. The highest BCUT2D eigenvalue weighted by molar-refractivity contribution is 9.10. The summed E-state index contributed by atoms with van der Waals surface area (Å²) in [6.45, 7) is 23.7. The average Bonchev–Trinajstić information content (AvgIpc) is 3.38. The van der Waals surface area contributed by atoms with E-state index < -0.39 is 68.0 Å². The number of alkyl halides is 4. The molecular formula is C32H44B3BrF6O6. The van der Waals surface area contributed by atoms with Gasteiger partial charge in [-0.25, -0.2) is 26.3 Å². The van der Waals surface area contributed by atoms with Gasteiger partial charge in [0.2, 0.25) is 0 Å². The van der Waals surface area contributed by atoms with Crippen LogP contribution in [0, 0.1) is 11.6 Å². The lowest BCUT2D eigenvalue weighted by Crippen LogP contribution is -2.41. The zero-order valence-electron chi connectivity index (χ0n) is 29.4. The molecule has 3 heterocycles. The SMILES string of the molecule is CC1(C)OB(B2OC(C)(C)C(C)(C)O2)OC1(C)C.CC1(C)OB(c2ccc(C(F)F)c(F)c2)OC1(C)C.Fc1cc(Br)ccc1C(F)F. The Labute approximate surface area is 289 Å². The molecule has 6 nitrogen and oxygen atoms in total. The summed E-state index contributed by atoms with van der Waals surface area (Å²) in [5.74, 6) is -1.82. The molecule has 0 saturated carbocycles. The maximum absolute atomic E-state index is 13.5. The van der Waals surface area contributed by atoms with Crippen LogP contribution in [0.5, 0.6) is 0 Å². The first-order valence-electron chi connectivity index (χ1n) is 15.5. The van der Waals surface area contributed by atoms with E-state index in [0.717, 1.165) is 24.3 Å². The molecule has 5 rings (SSSR count). The van der Waals surface area contributed by atoms with Crippen LogP contribution in [0.2, 0.25) is 0 Å². The van der Waals surface area contributed by atoms with E-state index in [1.165, 1.54) is 12.1 Å². The van der Waals surface area contributed by atoms with E-state index in [0.29, 0.717) is 9.94 Å². The van der Waals surface area contributed by atoms with E-state index in [2.05, 4.69) is 15.9 Å². The molecule has 2 aromatic rings. The van der Waals surface area contributed by atoms with Crippen LogP contribution in [0.3, 0.4) is 0 Å². The van der Waals surface area contributed by atoms with Gasteiger partial charge in [-0.3, -0.25) is 0 Å². The molecular weight excluding hydrogens is 707 g/mol. The first-order chi connectivity index (χ1) is 21.6. The Hall–Kier alpha value is -1.55. The highest BCUT2D eigenvalue weighted by Gasteiger charge is 2.63. The summed E-state index contributed by atoms with van der Waals surface area (Å²) in [7, 11) is -1.70. The smallest absolute Gasteiger partial charge is 0.405 e. The van der Waals surface area contributed by atoms with Gasteiger partial charge in [-0.2, -0.15) is 0 Å².